The second-order valence-electron chi connectivity index (χ2n) is 7.11. The van der Waals surface area contributed by atoms with Gasteiger partial charge in [-0.1, -0.05) is 145 Å². The average Bonchev–Trinajstić information content (AvgIpc) is 2.86. The topological polar surface area (TPSA) is 41.1 Å². The van der Waals surface area contributed by atoms with Crippen LogP contribution in [0.1, 0.15) is 0 Å². The van der Waals surface area contributed by atoms with Crippen LogP contribution in [0.15, 0.2) is 121 Å². The SMILES string of the molecule is O=C(NP(=S)(c1ccccc1)c1ccccc1)NP(=S)(c1ccccc1)c1ccccc1. The Labute approximate surface area is 199 Å². The molecule has 0 saturated carbocycles. The summed E-state index contributed by atoms with van der Waals surface area (Å²) >= 11 is 12.3. The lowest BCUT2D eigenvalue weighted by Crippen LogP contribution is -2.41. The van der Waals surface area contributed by atoms with Crippen molar-refractivity contribution < 1.29 is 4.79 Å². The van der Waals surface area contributed by atoms with Gasteiger partial charge in [0.25, 0.3) is 0 Å². The van der Waals surface area contributed by atoms with Gasteiger partial charge in [-0.2, -0.15) is 0 Å². The Hall–Kier alpha value is -2.55. The molecule has 0 unspecified atom stereocenters. The van der Waals surface area contributed by atoms with Crippen LogP contribution in [-0.4, -0.2) is 6.03 Å². The molecule has 0 radical (unpaired) electrons. The van der Waals surface area contributed by atoms with E-state index in [1.807, 2.05) is 121 Å². The summed E-state index contributed by atoms with van der Waals surface area (Å²) in [5.74, 6) is 0. The first kappa shape index (κ1) is 22.6. The Morgan fingerprint density at radius 1 is 0.469 bits per heavy atom. The van der Waals surface area contributed by atoms with Crippen LogP contribution in [0.4, 0.5) is 4.79 Å². The molecule has 4 rings (SSSR count). The maximum Gasteiger partial charge on any atom is 0.323 e. The van der Waals surface area contributed by atoms with Crippen LogP contribution in [0.25, 0.3) is 0 Å². The molecular formula is C25H22N2OP2S2. The van der Waals surface area contributed by atoms with Crippen LogP contribution in [0.3, 0.4) is 0 Å². The fourth-order valence-corrected chi connectivity index (χ4v) is 9.63. The van der Waals surface area contributed by atoms with Crippen molar-refractivity contribution in [2.24, 2.45) is 0 Å². The second-order valence-corrected chi connectivity index (χ2v) is 15.3. The zero-order chi connectivity index (χ0) is 22.4. The number of nitrogens with one attached hydrogen (secondary N) is 2. The van der Waals surface area contributed by atoms with Crippen molar-refractivity contribution in [2.75, 3.05) is 0 Å². The lowest BCUT2D eigenvalue weighted by atomic mass is 10.4. The highest BCUT2D eigenvalue weighted by molar-refractivity contribution is 8.22. The van der Waals surface area contributed by atoms with E-state index in [1.54, 1.807) is 0 Å². The lowest BCUT2D eigenvalue weighted by molar-refractivity contribution is 0.251. The van der Waals surface area contributed by atoms with Gasteiger partial charge in [-0.3, -0.25) is 0 Å². The summed E-state index contributed by atoms with van der Waals surface area (Å²) in [6, 6.07) is 38.7. The summed E-state index contributed by atoms with van der Waals surface area (Å²) in [5.41, 5.74) is 0. The summed E-state index contributed by atoms with van der Waals surface area (Å²) in [6.45, 7) is 0. The molecule has 2 N–H and O–H groups in total. The number of hydrogen-bond donors (Lipinski definition) is 2. The van der Waals surface area contributed by atoms with Crippen LogP contribution in [-0.2, 0) is 23.6 Å². The Kier molecular flexibility index (Phi) is 7.03. The minimum atomic E-state index is -2.61. The van der Waals surface area contributed by atoms with Gasteiger partial charge in [0.15, 0.2) is 0 Å². The smallest absolute Gasteiger partial charge is 0.303 e. The third-order valence-corrected chi connectivity index (χ3v) is 13.2. The molecule has 7 heteroatoms. The molecule has 0 saturated heterocycles. The quantitative estimate of drug-likeness (QED) is 0.393. The van der Waals surface area contributed by atoms with Crippen molar-refractivity contribution in [1.82, 2.24) is 10.2 Å². The summed E-state index contributed by atoms with van der Waals surface area (Å²) in [6.07, 6.45) is -5.21. The molecular weight excluding hydrogens is 470 g/mol. The molecule has 0 aliphatic carbocycles. The largest absolute Gasteiger partial charge is 0.323 e. The van der Waals surface area contributed by atoms with Crippen LogP contribution < -0.4 is 31.4 Å². The first-order valence-electron chi connectivity index (χ1n) is 10.1. The third-order valence-electron chi connectivity index (χ3n) is 5.00. The molecule has 0 spiro atoms. The van der Waals surface area contributed by atoms with Crippen LogP contribution in [0, 0.1) is 0 Å². The maximum absolute atomic E-state index is 13.5. The summed E-state index contributed by atoms with van der Waals surface area (Å²) < 4.78 is 0. The van der Waals surface area contributed by atoms with E-state index in [-0.39, 0.29) is 6.03 Å². The number of benzene rings is 4. The Balaban J connectivity index is 1.72. The van der Waals surface area contributed by atoms with Gasteiger partial charge >= 0.3 is 6.03 Å². The van der Waals surface area contributed by atoms with Crippen molar-refractivity contribution in [3.05, 3.63) is 121 Å². The molecule has 0 atom stereocenters. The van der Waals surface area contributed by atoms with Gasteiger partial charge in [0, 0.05) is 21.2 Å². The second kappa shape index (κ2) is 9.94. The number of rotatable bonds is 6. The van der Waals surface area contributed by atoms with Gasteiger partial charge in [0.05, 0.1) is 12.4 Å². The van der Waals surface area contributed by atoms with Crippen LogP contribution >= 0.6 is 12.4 Å². The van der Waals surface area contributed by atoms with Gasteiger partial charge in [0.2, 0.25) is 0 Å². The van der Waals surface area contributed by atoms with E-state index >= 15 is 0 Å². The van der Waals surface area contributed by atoms with Crippen LogP contribution in [0.5, 0.6) is 0 Å². The van der Waals surface area contributed by atoms with Gasteiger partial charge in [-0.15, -0.1) is 0 Å². The van der Waals surface area contributed by atoms with E-state index in [0.29, 0.717) is 0 Å². The molecule has 32 heavy (non-hydrogen) atoms. The van der Waals surface area contributed by atoms with Gasteiger partial charge in [-0.05, 0) is 0 Å². The molecule has 0 heterocycles. The van der Waals surface area contributed by atoms with E-state index < -0.39 is 12.4 Å². The van der Waals surface area contributed by atoms with Gasteiger partial charge in [-0.25, -0.2) is 4.79 Å². The van der Waals surface area contributed by atoms with E-state index in [1.165, 1.54) is 0 Å². The van der Waals surface area contributed by atoms with Gasteiger partial charge in [0.1, 0.15) is 0 Å². The molecule has 0 bridgehead atoms. The lowest BCUT2D eigenvalue weighted by Gasteiger charge is -2.29. The number of hydrogen-bond acceptors (Lipinski definition) is 3. The normalized spacial score (nSPS) is 11.5. The number of amides is 2. The van der Waals surface area contributed by atoms with Crippen molar-refractivity contribution >= 4 is 63.2 Å². The summed E-state index contributed by atoms with van der Waals surface area (Å²) in [7, 11) is 0. The van der Waals surface area contributed by atoms with E-state index in [9.17, 15) is 4.79 Å². The monoisotopic (exact) mass is 492 g/mol. The zero-order valence-corrected chi connectivity index (χ0v) is 20.6. The zero-order valence-electron chi connectivity index (χ0n) is 17.2. The molecule has 4 aromatic carbocycles. The van der Waals surface area contributed by atoms with Crippen LogP contribution in [0.2, 0.25) is 0 Å². The molecule has 0 aliphatic heterocycles. The summed E-state index contributed by atoms with van der Waals surface area (Å²) in [5, 5.41) is 10.00. The van der Waals surface area contributed by atoms with E-state index in [4.69, 9.17) is 23.6 Å². The first-order valence-corrected chi connectivity index (χ1v) is 15.7. The highest BCUT2D eigenvalue weighted by Crippen LogP contribution is 2.42. The molecule has 0 fully saturated rings. The number of urea groups is 1. The van der Waals surface area contributed by atoms with E-state index in [0.717, 1.165) is 21.2 Å². The minimum absolute atomic E-state index is 0.350. The summed E-state index contributed by atoms with van der Waals surface area (Å²) in [4.78, 5) is 13.5. The third kappa shape index (κ3) is 4.77. The van der Waals surface area contributed by atoms with E-state index in [2.05, 4.69) is 10.2 Å². The molecule has 2 amide bonds. The minimum Gasteiger partial charge on any atom is -0.303 e. The fourth-order valence-electron chi connectivity index (χ4n) is 3.42. The average molecular weight is 493 g/mol. The molecule has 0 aromatic heterocycles. The number of carbonyl (C=O) groups is 1. The maximum atomic E-state index is 13.5. The predicted octanol–water partition coefficient (Wildman–Crippen LogP) is 4.38. The number of carbonyl (C=O) groups excluding carboxylic acids is 1. The van der Waals surface area contributed by atoms with Crippen molar-refractivity contribution in [3.8, 4) is 0 Å². The Morgan fingerprint density at radius 3 is 0.906 bits per heavy atom. The highest BCUT2D eigenvalue weighted by Gasteiger charge is 2.29. The molecule has 160 valence electrons. The molecule has 4 aromatic rings. The van der Waals surface area contributed by atoms with Crippen molar-refractivity contribution in [2.45, 2.75) is 0 Å². The Morgan fingerprint density at radius 2 is 0.688 bits per heavy atom. The van der Waals surface area contributed by atoms with Crippen molar-refractivity contribution in [1.29, 1.82) is 0 Å². The van der Waals surface area contributed by atoms with Gasteiger partial charge < -0.3 is 10.2 Å². The fraction of sp³-hybridized carbons (Fsp3) is 0. The predicted molar refractivity (Wildman–Crippen MR) is 145 cm³/mol. The standard InChI is InChI=1S/C25H22N2OP2S2/c28-25(26-29(31,21-13-5-1-6-14-21)22-15-7-2-8-16-22)27-30(32,23-17-9-3-10-18-23)24-19-11-4-12-20-24/h1-20H,(H2,26,27,28,31,32). The first-order chi connectivity index (χ1) is 15.5. The van der Waals surface area contributed by atoms with Crippen molar-refractivity contribution in [3.63, 3.8) is 0 Å². The molecule has 3 nitrogen and oxygen atoms in total. The highest BCUT2D eigenvalue weighted by atomic mass is 32.4. The molecule has 0 aliphatic rings. The Bertz CT molecular complexity index is 1100.